The summed E-state index contributed by atoms with van der Waals surface area (Å²) in [4.78, 5) is 28.8. The molecule has 6 nitrogen and oxygen atoms in total. The fourth-order valence-corrected chi connectivity index (χ4v) is 3.96. The van der Waals surface area contributed by atoms with Gasteiger partial charge in [-0.1, -0.05) is 0 Å². The molecule has 2 atom stereocenters. The summed E-state index contributed by atoms with van der Waals surface area (Å²) in [6, 6.07) is 7.02. The number of hydrogen-bond donors (Lipinski definition) is 1. The van der Waals surface area contributed by atoms with E-state index in [2.05, 4.69) is 36.8 Å². The number of anilines is 1. The zero-order valence-corrected chi connectivity index (χ0v) is 19.9. The van der Waals surface area contributed by atoms with Crippen LogP contribution in [0.1, 0.15) is 43.1 Å². The van der Waals surface area contributed by atoms with Crippen molar-refractivity contribution >= 4 is 22.6 Å². The van der Waals surface area contributed by atoms with Crippen molar-refractivity contribution in [3.63, 3.8) is 0 Å². The maximum absolute atomic E-state index is 12.6. The summed E-state index contributed by atoms with van der Waals surface area (Å²) >= 11 is 0. The van der Waals surface area contributed by atoms with Gasteiger partial charge in [-0.05, 0) is 51.9 Å². The summed E-state index contributed by atoms with van der Waals surface area (Å²) in [6.45, 7) is 6.33. The van der Waals surface area contributed by atoms with Crippen molar-refractivity contribution in [1.82, 2.24) is 9.47 Å². The van der Waals surface area contributed by atoms with Gasteiger partial charge in [-0.25, -0.2) is 4.79 Å². The predicted octanol–water partition coefficient (Wildman–Crippen LogP) is 3.01. The summed E-state index contributed by atoms with van der Waals surface area (Å²) in [7, 11) is 2.16. The zero-order chi connectivity index (χ0) is 18.6. The molecule has 1 radical (unpaired) electrons. The molecule has 1 aliphatic carbocycles. The van der Waals surface area contributed by atoms with E-state index in [0.29, 0.717) is 23.5 Å². The molecule has 2 aliphatic rings. The summed E-state index contributed by atoms with van der Waals surface area (Å²) in [5.74, 6) is -1.16. The topological polar surface area (TPSA) is 65.8 Å². The van der Waals surface area contributed by atoms with E-state index in [1.165, 1.54) is 6.20 Å². The van der Waals surface area contributed by atoms with E-state index in [0.717, 1.165) is 37.1 Å². The smallest absolute Gasteiger partial charge is 0.341 e. The SMILES string of the molecule is CC1CN(c2ccc3c(=O)c(C(=O)O)cn(C4CC4)c3c2)CC(C)N1C.[CH3-].[Y]. The van der Waals surface area contributed by atoms with Crippen molar-refractivity contribution in [1.29, 1.82) is 0 Å². The van der Waals surface area contributed by atoms with Crippen LogP contribution >= 0.6 is 0 Å². The third-order valence-corrected chi connectivity index (χ3v) is 5.91. The third kappa shape index (κ3) is 4.05. The number of carboxylic acid groups (broad SMARTS) is 1. The van der Waals surface area contributed by atoms with Gasteiger partial charge in [-0.3, -0.25) is 9.69 Å². The molecule has 4 rings (SSSR count). The second-order valence-corrected chi connectivity index (χ2v) is 7.79. The number of rotatable bonds is 3. The van der Waals surface area contributed by atoms with Crippen molar-refractivity contribution in [2.45, 2.75) is 44.8 Å². The van der Waals surface area contributed by atoms with Crippen LogP contribution < -0.4 is 10.3 Å². The van der Waals surface area contributed by atoms with Gasteiger partial charge in [0.2, 0.25) is 5.43 Å². The summed E-state index contributed by atoms with van der Waals surface area (Å²) in [5, 5.41) is 9.86. The molecule has 7 heteroatoms. The standard InChI is InChI=1S/C20H25N3O3.CH3.Y/c1-12-9-22(10-13(2)21(12)3)15-6-7-16-18(8-15)23(14-4-5-14)11-17(19(16)24)20(25)26;;/h6-8,11-14H,4-5,9-10H2,1-3H3,(H,25,26);1H3;/q;-1;. The van der Waals surface area contributed by atoms with Crippen LogP contribution in [0, 0.1) is 7.43 Å². The largest absolute Gasteiger partial charge is 0.477 e. The van der Waals surface area contributed by atoms with Crippen LogP contribution in [0.5, 0.6) is 0 Å². The minimum atomic E-state index is -1.16. The Bertz CT molecular complexity index is 926. The molecule has 28 heavy (non-hydrogen) atoms. The average molecular weight is 459 g/mol. The molecule has 1 N–H and O–H groups in total. The molecule has 2 unspecified atom stereocenters. The third-order valence-electron chi connectivity index (χ3n) is 5.91. The first-order valence-electron chi connectivity index (χ1n) is 9.26. The van der Waals surface area contributed by atoms with E-state index in [9.17, 15) is 14.7 Å². The second kappa shape index (κ2) is 8.64. The molecule has 1 aromatic carbocycles. The van der Waals surface area contributed by atoms with Gasteiger partial charge in [-0.15, -0.1) is 0 Å². The summed E-state index contributed by atoms with van der Waals surface area (Å²) in [6.07, 6.45) is 3.59. The summed E-state index contributed by atoms with van der Waals surface area (Å²) < 4.78 is 1.99. The van der Waals surface area contributed by atoms with Crippen LogP contribution in [-0.4, -0.2) is 52.8 Å². The van der Waals surface area contributed by atoms with Gasteiger partial charge < -0.3 is 22.0 Å². The van der Waals surface area contributed by atoms with Crippen molar-refractivity contribution in [3.05, 3.63) is 47.6 Å². The molecule has 0 spiro atoms. The Morgan fingerprint density at radius 2 is 1.75 bits per heavy atom. The van der Waals surface area contributed by atoms with E-state index in [-0.39, 0.29) is 45.7 Å². The molecule has 1 saturated carbocycles. The first-order valence-corrected chi connectivity index (χ1v) is 9.26. The number of carbonyl (C=O) groups is 1. The molecule has 0 amide bonds. The van der Waals surface area contributed by atoms with Gasteiger partial charge in [-0.2, -0.15) is 0 Å². The molecule has 1 aliphatic heterocycles. The van der Waals surface area contributed by atoms with E-state index in [4.69, 9.17) is 0 Å². The molecule has 1 saturated heterocycles. The Morgan fingerprint density at radius 1 is 1.14 bits per heavy atom. The van der Waals surface area contributed by atoms with E-state index in [1.807, 2.05) is 10.6 Å². The number of piperazine rings is 1. The Balaban J connectivity index is 0.00000140. The fraction of sp³-hybridized carbons (Fsp3) is 0.476. The van der Waals surface area contributed by atoms with E-state index < -0.39 is 11.4 Å². The number of benzene rings is 1. The number of fused-ring (bicyclic) bond motifs is 1. The van der Waals surface area contributed by atoms with Crippen LogP contribution in [0.4, 0.5) is 5.69 Å². The average Bonchev–Trinajstić information content (AvgIpc) is 3.44. The second-order valence-electron chi connectivity index (χ2n) is 7.79. The van der Waals surface area contributed by atoms with E-state index >= 15 is 0 Å². The van der Waals surface area contributed by atoms with Crippen molar-refractivity contribution < 1.29 is 42.6 Å². The van der Waals surface area contributed by atoms with Gasteiger partial charge in [0.25, 0.3) is 0 Å². The van der Waals surface area contributed by atoms with Crippen molar-refractivity contribution in [2.75, 3.05) is 25.0 Å². The molecule has 0 bridgehead atoms. The number of hydrogen-bond acceptors (Lipinski definition) is 4. The Kier molecular flexibility index (Phi) is 7.11. The van der Waals surface area contributed by atoms with Crippen LogP contribution in [0.15, 0.2) is 29.2 Å². The van der Waals surface area contributed by atoms with Gasteiger partial charge in [0.15, 0.2) is 0 Å². The van der Waals surface area contributed by atoms with Crippen molar-refractivity contribution in [2.24, 2.45) is 0 Å². The quantitative estimate of drug-likeness (QED) is 0.716. The minimum absolute atomic E-state index is 0. The van der Waals surface area contributed by atoms with Gasteiger partial charge in [0.1, 0.15) is 5.56 Å². The van der Waals surface area contributed by atoms with Crippen LogP contribution in [0.2, 0.25) is 0 Å². The number of pyridine rings is 1. The summed E-state index contributed by atoms with van der Waals surface area (Å²) in [5.41, 5.74) is 1.41. The first-order chi connectivity index (χ1) is 12.4. The van der Waals surface area contributed by atoms with Crippen LogP contribution in [-0.2, 0) is 32.7 Å². The molecule has 149 valence electrons. The number of aromatic nitrogens is 1. The Labute approximate surface area is 191 Å². The monoisotopic (exact) mass is 459 g/mol. The number of carboxylic acids is 1. The first kappa shape index (κ1) is 23.0. The minimum Gasteiger partial charge on any atom is -0.477 e. The molecule has 2 fully saturated rings. The molecule has 2 heterocycles. The number of likely N-dealkylation sites (N-methyl/N-ethyl adjacent to an activating group) is 1. The van der Waals surface area contributed by atoms with Crippen LogP contribution in [0.3, 0.4) is 0 Å². The van der Waals surface area contributed by atoms with E-state index in [1.54, 1.807) is 6.07 Å². The normalized spacial score (nSPS) is 22.5. The maximum Gasteiger partial charge on any atom is 0.341 e. The van der Waals surface area contributed by atoms with Gasteiger partial charge in [0.05, 0.1) is 5.52 Å². The predicted molar refractivity (Wildman–Crippen MR) is 109 cm³/mol. The van der Waals surface area contributed by atoms with Crippen LogP contribution in [0.25, 0.3) is 10.9 Å². The Hall–Kier alpha value is -1.24. The molecule has 1 aromatic heterocycles. The molecular formula is C21H28N3O3Y-. The fourth-order valence-electron chi connectivity index (χ4n) is 3.96. The zero-order valence-electron chi connectivity index (χ0n) is 17.1. The molecular weight excluding hydrogens is 431 g/mol. The maximum atomic E-state index is 12.6. The molecule has 2 aromatic rings. The van der Waals surface area contributed by atoms with Gasteiger partial charge in [0, 0.05) is 81.2 Å². The Morgan fingerprint density at radius 3 is 2.29 bits per heavy atom. The van der Waals surface area contributed by atoms with Crippen molar-refractivity contribution in [3.8, 4) is 0 Å². The number of aromatic carboxylic acids is 1. The van der Waals surface area contributed by atoms with Gasteiger partial charge >= 0.3 is 5.97 Å². The number of nitrogens with zero attached hydrogens (tertiary/aromatic N) is 3.